The van der Waals surface area contributed by atoms with Crippen LogP contribution in [-0.4, -0.2) is 53.1 Å². The number of aliphatic hydroxyl groups excluding tert-OH is 1. The number of carbonyl (C=O) groups excluding carboxylic acids is 1. The van der Waals surface area contributed by atoms with Gasteiger partial charge in [-0.2, -0.15) is 0 Å². The lowest BCUT2D eigenvalue weighted by Gasteiger charge is -2.34. The van der Waals surface area contributed by atoms with E-state index in [1.54, 1.807) is 11.3 Å². The zero-order chi connectivity index (χ0) is 21.1. The molecule has 5 nitrogen and oxygen atoms in total. The maximum Gasteiger partial charge on any atom is 0.223 e. The Hall–Kier alpha value is -1.60. The Balaban J connectivity index is 1.27. The van der Waals surface area contributed by atoms with Crippen LogP contribution in [-0.2, 0) is 11.3 Å². The van der Waals surface area contributed by atoms with E-state index in [4.69, 9.17) is 16.3 Å². The Kier molecular flexibility index (Phi) is 6.98. The maximum absolute atomic E-state index is 12.8. The Morgan fingerprint density at radius 2 is 2.13 bits per heavy atom. The second-order valence-electron chi connectivity index (χ2n) is 8.34. The molecule has 162 valence electrons. The van der Waals surface area contributed by atoms with Crippen LogP contribution in [0.3, 0.4) is 0 Å². The summed E-state index contributed by atoms with van der Waals surface area (Å²) in [5.41, 5.74) is 1.07. The molecule has 1 N–H and O–H groups in total. The highest BCUT2D eigenvalue weighted by atomic mass is 35.5. The summed E-state index contributed by atoms with van der Waals surface area (Å²) < 4.78 is 6.01. The van der Waals surface area contributed by atoms with Gasteiger partial charge < -0.3 is 14.7 Å². The van der Waals surface area contributed by atoms with Crippen molar-refractivity contribution in [2.45, 2.75) is 44.9 Å². The van der Waals surface area contributed by atoms with Crippen LogP contribution in [0.5, 0.6) is 5.75 Å². The molecule has 1 fully saturated rings. The molecule has 0 aliphatic carbocycles. The molecule has 0 bridgehead atoms. The van der Waals surface area contributed by atoms with Crippen molar-refractivity contribution >= 4 is 28.8 Å². The molecule has 1 aromatic heterocycles. The number of nitrogens with zero attached hydrogens (tertiary/aromatic N) is 2. The number of hydrogen-bond acceptors (Lipinski definition) is 5. The van der Waals surface area contributed by atoms with Gasteiger partial charge in [-0.1, -0.05) is 17.7 Å². The van der Waals surface area contributed by atoms with E-state index in [9.17, 15) is 9.90 Å². The molecule has 7 heteroatoms. The molecule has 1 amide bonds. The minimum Gasteiger partial charge on any atom is -0.489 e. The SMILES string of the molecule is C[C@@H]1CN(CCC(=O)N2CCC([C@@H](O)c3cccs3)CC2)Cc2cc(Cl)ccc2O1. The fourth-order valence-corrected chi connectivity index (χ4v) is 5.45. The van der Waals surface area contributed by atoms with Crippen LogP contribution in [0.1, 0.15) is 42.7 Å². The second kappa shape index (κ2) is 9.69. The van der Waals surface area contributed by atoms with Gasteiger partial charge >= 0.3 is 0 Å². The van der Waals surface area contributed by atoms with Crippen molar-refractivity contribution in [1.82, 2.24) is 9.80 Å². The lowest BCUT2D eigenvalue weighted by atomic mass is 9.90. The van der Waals surface area contributed by atoms with Crippen LogP contribution in [0.4, 0.5) is 0 Å². The molecule has 1 saturated heterocycles. The van der Waals surface area contributed by atoms with E-state index >= 15 is 0 Å². The second-order valence-corrected chi connectivity index (χ2v) is 9.76. The third kappa shape index (κ3) is 5.17. The highest BCUT2D eigenvalue weighted by molar-refractivity contribution is 7.10. The van der Waals surface area contributed by atoms with Gasteiger partial charge in [0.25, 0.3) is 0 Å². The monoisotopic (exact) mass is 448 g/mol. The zero-order valence-corrected chi connectivity index (χ0v) is 18.9. The number of likely N-dealkylation sites (tertiary alicyclic amines) is 1. The number of amides is 1. The molecule has 2 aliphatic heterocycles. The molecule has 2 aliphatic rings. The number of fused-ring (bicyclic) bond motifs is 1. The first-order valence-corrected chi connectivity index (χ1v) is 11.9. The Morgan fingerprint density at radius 3 is 2.87 bits per heavy atom. The number of halogens is 1. The fraction of sp³-hybridized carbons (Fsp3) is 0.522. The summed E-state index contributed by atoms with van der Waals surface area (Å²) in [5.74, 6) is 1.31. The third-order valence-electron chi connectivity index (χ3n) is 6.08. The van der Waals surface area contributed by atoms with Crippen LogP contribution < -0.4 is 4.74 Å². The zero-order valence-electron chi connectivity index (χ0n) is 17.3. The van der Waals surface area contributed by atoms with E-state index in [0.717, 1.165) is 55.2 Å². The van der Waals surface area contributed by atoms with Gasteiger partial charge in [0.05, 0.1) is 6.10 Å². The van der Waals surface area contributed by atoms with Gasteiger partial charge in [0.15, 0.2) is 0 Å². The van der Waals surface area contributed by atoms with Gasteiger partial charge in [0, 0.05) is 54.6 Å². The van der Waals surface area contributed by atoms with Crippen LogP contribution >= 0.6 is 22.9 Å². The van der Waals surface area contributed by atoms with Gasteiger partial charge in [-0.25, -0.2) is 0 Å². The minimum absolute atomic E-state index is 0.0667. The number of piperidine rings is 1. The van der Waals surface area contributed by atoms with Crippen molar-refractivity contribution in [3.8, 4) is 5.75 Å². The van der Waals surface area contributed by atoms with Crippen LogP contribution in [0.15, 0.2) is 35.7 Å². The highest BCUT2D eigenvalue weighted by Crippen LogP contribution is 2.33. The number of thiophene rings is 1. The molecule has 0 unspecified atom stereocenters. The smallest absolute Gasteiger partial charge is 0.223 e. The Labute approximate surface area is 187 Å². The summed E-state index contributed by atoms with van der Waals surface area (Å²) in [6.45, 7) is 5.74. The number of ether oxygens (including phenoxy) is 1. The van der Waals surface area contributed by atoms with Gasteiger partial charge in [-0.3, -0.25) is 9.69 Å². The molecule has 2 atom stereocenters. The third-order valence-corrected chi connectivity index (χ3v) is 7.25. The summed E-state index contributed by atoms with van der Waals surface area (Å²) in [7, 11) is 0. The summed E-state index contributed by atoms with van der Waals surface area (Å²) in [5, 5.41) is 13.3. The molecule has 30 heavy (non-hydrogen) atoms. The molecule has 0 radical (unpaired) electrons. The predicted molar refractivity (Wildman–Crippen MR) is 120 cm³/mol. The van der Waals surface area contributed by atoms with Crippen molar-refractivity contribution in [2.75, 3.05) is 26.2 Å². The molecule has 4 rings (SSSR count). The Morgan fingerprint density at radius 1 is 1.33 bits per heavy atom. The number of benzene rings is 1. The quantitative estimate of drug-likeness (QED) is 0.738. The molecular formula is C23H29ClN2O3S. The summed E-state index contributed by atoms with van der Waals surface area (Å²) in [6.07, 6.45) is 1.86. The molecule has 0 saturated carbocycles. The van der Waals surface area contributed by atoms with Crippen LogP contribution in [0.2, 0.25) is 5.02 Å². The summed E-state index contributed by atoms with van der Waals surface area (Å²) in [4.78, 5) is 18.1. The van der Waals surface area contributed by atoms with Crippen LogP contribution in [0, 0.1) is 5.92 Å². The number of rotatable bonds is 5. The predicted octanol–water partition coefficient (Wildman–Crippen LogP) is 4.35. The van der Waals surface area contributed by atoms with Crippen LogP contribution in [0.25, 0.3) is 0 Å². The number of aliphatic hydroxyl groups is 1. The van der Waals surface area contributed by atoms with Crippen molar-refractivity contribution < 1.29 is 14.6 Å². The summed E-state index contributed by atoms with van der Waals surface area (Å²) >= 11 is 7.76. The molecule has 3 heterocycles. The van der Waals surface area contributed by atoms with Crippen molar-refractivity contribution in [2.24, 2.45) is 5.92 Å². The van der Waals surface area contributed by atoms with E-state index < -0.39 is 6.10 Å². The van der Waals surface area contributed by atoms with Gasteiger partial charge in [0.1, 0.15) is 11.9 Å². The largest absolute Gasteiger partial charge is 0.489 e. The van der Waals surface area contributed by atoms with E-state index in [1.165, 1.54) is 0 Å². The number of carbonyl (C=O) groups is 1. The fourth-order valence-electron chi connectivity index (χ4n) is 4.45. The van der Waals surface area contributed by atoms with E-state index in [0.29, 0.717) is 18.0 Å². The van der Waals surface area contributed by atoms with Gasteiger partial charge in [0.2, 0.25) is 5.91 Å². The van der Waals surface area contributed by atoms with E-state index in [1.807, 2.05) is 40.6 Å². The first-order chi connectivity index (χ1) is 14.5. The number of hydrogen-bond donors (Lipinski definition) is 1. The van der Waals surface area contributed by atoms with Crippen molar-refractivity contribution in [1.29, 1.82) is 0 Å². The highest BCUT2D eigenvalue weighted by Gasteiger charge is 2.29. The van der Waals surface area contributed by atoms with Crippen molar-refractivity contribution in [3.63, 3.8) is 0 Å². The molecule has 0 spiro atoms. The molecular weight excluding hydrogens is 420 g/mol. The van der Waals surface area contributed by atoms with E-state index in [2.05, 4.69) is 11.8 Å². The van der Waals surface area contributed by atoms with Gasteiger partial charge in [-0.15, -0.1) is 11.3 Å². The standard InChI is InChI=1S/C23H29ClN2O3S/c1-16-14-25(15-18-13-19(24)4-5-20(18)29-16)9-8-22(27)26-10-6-17(7-11-26)23(28)21-3-2-12-30-21/h2-5,12-13,16-17,23,28H,6-11,14-15H2,1H3/t16-,23-/m1/s1. The van der Waals surface area contributed by atoms with Crippen molar-refractivity contribution in [3.05, 3.63) is 51.2 Å². The minimum atomic E-state index is -0.410. The Bertz CT molecular complexity index is 852. The maximum atomic E-state index is 12.8. The lowest BCUT2D eigenvalue weighted by Crippen LogP contribution is -2.41. The van der Waals surface area contributed by atoms with Gasteiger partial charge in [-0.05, 0) is 55.3 Å². The first kappa shape index (κ1) is 21.6. The average Bonchev–Trinajstić information content (AvgIpc) is 3.23. The first-order valence-electron chi connectivity index (χ1n) is 10.7. The lowest BCUT2D eigenvalue weighted by molar-refractivity contribution is -0.133. The molecule has 1 aromatic carbocycles. The summed E-state index contributed by atoms with van der Waals surface area (Å²) in [6, 6.07) is 9.70. The normalized spacial score (nSPS) is 21.6. The molecule has 2 aromatic rings. The average molecular weight is 449 g/mol. The topological polar surface area (TPSA) is 53.0 Å². The van der Waals surface area contributed by atoms with E-state index in [-0.39, 0.29) is 17.9 Å².